The van der Waals surface area contributed by atoms with Crippen LogP contribution >= 0.6 is 0 Å². The van der Waals surface area contributed by atoms with Gasteiger partial charge in [0.2, 0.25) is 0 Å². The SMILES string of the molecule is CCC(=Cc1ccccc1)C(=O)OC. The Morgan fingerprint density at radius 1 is 1.36 bits per heavy atom. The van der Waals surface area contributed by atoms with Crippen molar-refractivity contribution in [3.8, 4) is 0 Å². The largest absolute Gasteiger partial charge is 0.466 e. The molecule has 0 aliphatic carbocycles. The van der Waals surface area contributed by atoms with E-state index in [-0.39, 0.29) is 5.97 Å². The maximum Gasteiger partial charge on any atom is 0.333 e. The molecule has 1 aromatic carbocycles. The summed E-state index contributed by atoms with van der Waals surface area (Å²) in [7, 11) is 1.40. The number of carbonyl (C=O) groups is 1. The molecule has 0 atom stereocenters. The number of hydrogen-bond acceptors (Lipinski definition) is 2. The highest BCUT2D eigenvalue weighted by Crippen LogP contribution is 2.10. The van der Waals surface area contributed by atoms with Crippen molar-refractivity contribution in [1.29, 1.82) is 0 Å². The van der Waals surface area contributed by atoms with Gasteiger partial charge in [-0.1, -0.05) is 37.3 Å². The van der Waals surface area contributed by atoms with Gasteiger partial charge in [0.05, 0.1) is 7.11 Å². The lowest BCUT2D eigenvalue weighted by molar-refractivity contribution is -0.136. The first kappa shape index (κ1) is 10.5. The third kappa shape index (κ3) is 2.73. The Morgan fingerprint density at radius 2 is 2.00 bits per heavy atom. The van der Waals surface area contributed by atoms with E-state index in [1.54, 1.807) is 0 Å². The Labute approximate surface area is 84.2 Å². The Hall–Kier alpha value is -1.57. The van der Waals surface area contributed by atoms with E-state index in [2.05, 4.69) is 4.74 Å². The molecule has 0 saturated heterocycles. The van der Waals surface area contributed by atoms with Crippen molar-refractivity contribution in [2.24, 2.45) is 0 Å². The summed E-state index contributed by atoms with van der Waals surface area (Å²) in [5.41, 5.74) is 1.72. The van der Waals surface area contributed by atoms with Crippen LogP contribution in [0, 0.1) is 0 Å². The average molecular weight is 190 g/mol. The molecule has 1 rings (SSSR count). The second-order valence-corrected chi connectivity index (χ2v) is 2.93. The van der Waals surface area contributed by atoms with E-state index in [4.69, 9.17) is 0 Å². The minimum atomic E-state index is -0.253. The zero-order valence-electron chi connectivity index (χ0n) is 8.49. The smallest absolute Gasteiger partial charge is 0.333 e. The molecule has 0 spiro atoms. The van der Waals surface area contributed by atoms with E-state index in [0.29, 0.717) is 12.0 Å². The first-order valence-electron chi connectivity index (χ1n) is 4.62. The number of rotatable bonds is 3. The Balaban J connectivity index is 2.89. The van der Waals surface area contributed by atoms with Crippen LogP contribution in [0.5, 0.6) is 0 Å². The summed E-state index contributed by atoms with van der Waals surface area (Å²) < 4.78 is 4.67. The second kappa shape index (κ2) is 5.22. The molecule has 2 heteroatoms. The molecule has 1 aromatic rings. The molecule has 0 amide bonds. The van der Waals surface area contributed by atoms with Crippen molar-refractivity contribution < 1.29 is 9.53 Å². The Bertz CT molecular complexity index is 325. The van der Waals surface area contributed by atoms with Crippen LogP contribution in [0.1, 0.15) is 18.9 Å². The van der Waals surface area contributed by atoms with E-state index in [1.165, 1.54) is 7.11 Å². The van der Waals surface area contributed by atoms with Crippen molar-refractivity contribution in [2.75, 3.05) is 7.11 Å². The molecular weight excluding hydrogens is 176 g/mol. The van der Waals surface area contributed by atoms with E-state index < -0.39 is 0 Å². The topological polar surface area (TPSA) is 26.3 Å². The fourth-order valence-electron chi connectivity index (χ4n) is 1.19. The molecule has 0 N–H and O–H groups in total. The fourth-order valence-corrected chi connectivity index (χ4v) is 1.19. The van der Waals surface area contributed by atoms with Crippen LogP contribution in [0.4, 0.5) is 0 Å². The van der Waals surface area contributed by atoms with Gasteiger partial charge in [-0.2, -0.15) is 0 Å². The van der Waals surface area contributed by atoms with Gasteiger partial charge >= 0.3 is 5.97 Å². The highest BCUT2D eigenvalue weighted by atomic mass is 16.5. The first-order chi connectivity index (χ1) is 6.77. The Morgan fingerprint density at radius 3 is 2.50 bits per heavy atom. The second-order valence-electron chi connectivity index (χ2n) is 2.93. The van der Waals surface area contributed by atoms with Gasteiger partial charge in [-0.25, -0.2) is 4.79 Å². The average Bonchev–Trinajstić information content (AvgIpc) is 2.26. The highest BCUT2D eigenvalue weighted by Gasteiger charge is 2.05. The van der Waals surface area contributed by atoms with Gasteiger partial charge in [-0.15, -0.1) is 0 Å². The summed E-state index contributed by atoms with van der Waals surface area (Å²) in [6.45, 7) is 1.94. The maximum atomic E-state index is 11.3. The number of benzene rings is 1. The third-order valence-electron chi connectivity index (χ3n) is 1.97. The molecular formula is C12H14O2. The number of methoxy groups -OCH3 is 1. The van der Waals surface area contributed by atoms with Crippen molar-refractivity contribution in [3.05, 3.63) is 41.5 Å². The number of ether oxygens (including phenoxy) is 1. The molecule has 0 heterocycles. The fraction of sp³-hybridized carbons (Fsp3) is 0.250. The molecule has 0 bridgehead atoms. The van der Waals surface area contributed by atoms with Crippen molar-refractivity contribution in [3.63, 3.8) is 0 Å². The van der Waals surface area contributed by atoms with Crippen LogP contribution in [0.25, 0.3) is 6.08 Å². The molecule has 74 valence electrons. The monoisotopic (exact) mass is 190 g/mol. The van der Waals surface area contributed by atoms with Gasteiger partial charge in [0.15, 0.2) is 0 Å². The normalized spacial score (nSPS) is 11.1. The summed E-state index contributed by atoms with van der Waals surface area (Å²) in [5, 5.41) is 0. The number of hydrogen-bond donors (Lipinski definition) is 0. The van der Waals surface area contributed by atoms with E-state index in [1.807, 2.05) is 43.3 Å². The zero-order chi connectivity index (χ0) is 10.4. The lowest BCUT2D eigenvalue weighted by Crippen LogP contribution is -2.03. The lowest BCUT2D eigenvalue weighted by Gasteiger charge is -2.01. The number of esters is 1. The molecule has 0 aliphatic heterocycles. The number of carbonyl (C=O) groups excluding carboxylic acids is 1. The molecule has 14 heavy (non-hydrogen) atoms. The van der Waals surface area contributed by atoms with Crippen LogP contribution in [0.3, 0.4) is 0 Å². The van der Waals surface area contributed by atoms with Crippen molar-refractivity contribution in [2.45, 2.75) is 13.3 Å². The molecule has 0 saturated carbocycles. The van der Waals surface area contributed by atoms with Gasteiger partial charge in [0.1, 0.15) is 0 Å². The molecule has 2 nitrogen and oxygen atoms in total. The standard InChI is InChI=1S/C12H14O2/c1-3-11(12(13)14-2)9-10-7-5-4-6-8-10/h4-9H,3H2,1-2H3. The van der Waals surface area contributed by atoms with E-state index in [0.717, 1.165) is 5.56 Å². The first-order valence-corrected chi connectivity index (χ1v) is 4.62. The van der Waals surface area contributed by atoms with Gasteiger partial charge in [-0.3, -0.25) is 0 Å². The van der Waals surface area contributed by atoms with Gasteiger partial charge in [-0.05, 0) is 18.1 Å². The van der Waals surface area contributed by atoms with Crippen LogP contribution in [0.2, 0.25) is 0 Å². The van der Waals surface area contributed by atoms with Crippen molar-refractivity contribution >= 4 is 12.0 Å². The van der Waals surface area contributed by atoms with Crippen molar-refractivity contribution in [1.82, 2.24) is 0 Å². The summed E-state index contributed by atoms with van der Waals surface area (Å²) in [6, 6.07) is 9.74. The molecule has 0 unspecified atom stereocenters. The quantitative estimate of drug-likeness (QED) is 0.541. The Kier molecular flexibility index (Phi) is 3.92. The van der Waals surface area contributed by atoms with Crippen LogP contribution < -0.4 is 0 Å². The highest BCUT2D eigenvalue weighted by molar-refractivity contribution is 5.93. The molecule has 0 radical (unpaired) electrons. The van der Waals surface area contributed by atoms with Crippen LogP contribution in [-0.2, 0) is 9.53 Å². The lowest BCUT2D eigenvalue weighted by atomic mass is 10.1. The minimum absolute atomic E-state index is 0.253. The van der Waals surface area contributed by atoms with Gasteiger partial charge in [0, 0.05) is 5.57 Å². The maximum absolute atomic E-state index is 11.3. The zero-order valence-corrected chi connectivity index (χ0v) is 8.49. The molecule has 0 aromatic heterocycles. The summed E-state index contributed by atoms with van der Waals surface area (Å²) in [5.74, 6) is -0.253. The predicted octanol–water partition coefficient (Wildman–Crippen LogP) is 2.65. The van der Waals surface area contributed by atoms with Gasteiger partial charge in [0.25, 0.3) is 0 Å². The summed E-state index contributed by atoms with van der Waals surface area (Å²) in [6.07, 6.45) is 2.54. The predicted molar refractivity (Wildman–Crippen MR) is 56.7 cm³/mol. The van der Waals surface area contributed by atoms with Crippen LogP contribution in [-0.4, -0.2) is 13.1 Å². The molecule has 0 aliphatic rings. The van der Waals surface area contributed by atoms with E-state index >= 15 is 0 Å². The summed E-state index contributed by atoms with van der Waals surface area (Å²) >= 11 is 0. The molecule has 0 fully saturated rings. The third-order valence-corrected chi connectivity index (χ3v) is 1.97. The van der Waals surface area contributed by atoms with Gasteiger partial charge < -0.3 is 4.74 Å². The van der Waals surface area contributed by atoms with Crippen LogP contribution in [0.15, 0.2) is 35.9 Å². The summed E-state index contributed by atoms with van der Waals surface area (Å²) in [4.78, 5) is 11.3. The minimum Gasteiger partial charge on any atom is -0.466 e. The van der Waals surface area contributed by atoms with E-state index in [9.17, 15) is 4.79 Å².